The second-order valence-electron chi connectivity index (χ2n) is 7.96. The Labute approximate surface area is 189 Å². The summed E-state index contributed by atoms with van der Waals surface area (Å²) in [7, 11) is -2.17. The first-order valence-electron chi connectivity index (χ1n) is 10.5. The topological polar surface area (TPSA) is 75.7 Å². The van der Waals surface area contributed by atoms with Crippen molar-refractivity contribution in [1.29, 1.82) is 0 Å². The molecular weight excluding hydrogens is 436 g/mol. The van der Waals surface area contributed by atoms with Crippen LogP contribution in [-0.2, 0) is 10.0 Å². The van der Waals surface area contributed by atoms with Gasteiger partial charge in [0.1, 0.15) is 10.6 Å². The first kappa shape index (κ1) is 23.6. The molecule has 1 amide bonds. The van der Waals surface area contributed by atoms with E-state index < -0.39 is 10.0 Å². The second kappa shape index (κ2) is 10.0. The number of sulfonamides is 1. The molecule has 2 aromatic carbocycles. The Morgan fingerprint density at radius 2 is 1.97 bits per heavy atom. The van der Waals surface area contributed by atoms with Crippen LogP contribution < -0.4 is 10.1 Å². The fourth-order valence-electron chi connectivity index (χ4n) is 3.84. The molecule has 1 heterocycles. The number of nitrogens with one attached hydrogen (secondary N) is 1. The number of piperidine rings is 1. The summed E-state index contributed by atoms with van der Waals surface area (Å²) in [6.07, 6.45) is 2.51. The number of carbonyl (C=O) groups excluding carboxylic acids is 1. The lowest BCUT2D eigenvalue weighted by molar-refractivity contribution is 0.0935. The monoisotopic (exact) mass is 464 g/mol. The van der Waals surface area contributed by atoms with Gasteiger partial charge in [0.25, 0.3) is 5.91 Å². The number of ether oxygens (including phenoxy) is 1. The van der Waals surface area contributed by atoms with Gasteiger partial charge in [0.2, 0.25) is 10.0 Å². The minimum absolute atomic E-state index is 0.0200. The van der Waals surface area contributed by atoms with E-state index in [2.05, 4.69) is 5.32 Å². The highest BCUT2D eigenvalue weighted by Crippen LogP contribution is 2.29. The number of benzene rings is 2. The van der Waals surface area contributed by atoms with Crippen LogP contribution in [0.4, 0.5) is 0 Å². The van der Waals surface area contributed by atoms with Gasteiger partial charge in [-0.05, 0) is 61.1 Å². The number of nitrogens with zero attached hydrogens (tertiary/aromatic N) is 1. The van der Waals surface area contributed by atoms with Crippen LogP contribution in [-0.4, -0.2) is 38.8 Å². The lowest BCUT2D eigenvalue weighted by Gasteiger charge is -2.30. The van der Waals surface area contributed by atoms with Gasteiger partial charge in [0.15, 0.2) is 0 Å². The van der Waals surface area contributed by atoms with Crippen molar-refractivity contribution in [2.75, 3.05) is 20.2 Å². The first-order valence-corrected chi connectivity index (χ1v) is 12.3. The Kier molecular flexibility index (Phi) is 7.62. The SMILES string of the molecule is CCC(NC(=O)c1ccc(Cl)c(S(=O)(=O)N2CCCC(C)C2)c1)c1ccc(OC)cc1. The number of carbonyl (C=O) groups is 1. The number of hydrogen-bond acceptors (Lipinski definition) is 4. The maximum Gasteiger partial charge on any atom is 0.251 e. The third-order valence-electron chi connectivity index (χ3n) is 5.66. The zero-order valence-electron chi connectivity index (χ0n) is 18.1. The normalized spacial score (nSPS) is 18.4. The van der Waals surface area contributed by atoms with E-state index in [1.165, 1.54) is 16.4 Å². The number of amides is 1. The van der Waals surface area contributed by atoms with Crippen LogP contribution in [0.2, 0.25) is 5.02 Å². The Hall–Kier alpha value is -2.09. The summed E-state index contributed by atoms with van der Waals surface area (Å²) in [5.41, 5.74) is 1.21. The largest absolute Gasteiger partial charge is 0.497 e. The van der Waals surface area contributed by atoms with E-state index in [4.69, 9.17) is 16.3 Å². The molecule has 0 saturated carbocycles. The van der Waals surface area contributed by atoms with Gasteiger partial charge in [-0.25, -0.2) is 8.42 Å². The molecule has 1 aliphatic rings. The first-order chi connectivity index (χ1) is 14.8. The van der Waals surface area contributed by atoms with Gasteiger partial charge in [-0.2, -0.15) is 4.31 Å². The predicted molar refractivity (Wildman–Crippen MR) is 122 cm³/mol. The van der Waals surface area contributed by atoms with Gasteiger partial charge in [-0.3, -0.25) is 4.79 Å². The number of rotatable bonds is 7. The minimum atomic E-state index is -3.77. The quantitative estimate of drug-likeness (QED) is 0.647. The molecule has 8 heteroatoms. The van der Waals surface area contributed by atoms with Crippen LogP contribution >= 0.6 is 11.6 Å². The summed E-state index contributed by atoms with van der Waals surface area (Å²) in [5.74, 6) is 0.691. The van der Waals surface area contributed by atoms with Crippen molar-refractivity contribution in [3.05, 3.63) is 58.6 Å². The molecule has 1 N–H and O–H groups in total. The highest BCUT2D eigenvalue weighted by molar-refractivity contribution is 7.89. The third-order valence-corrected chi connectivity index (χ3v) is 8.01. The van der Waals surface area contributed by atoms with Gasteiger partial charge in [0.05, 0.1) is 18.2 Å². The van der Waals surface area contributed by atoms with E-state index in [1.54, 1.807) is 13.2 Å². The van der Waals surface area contributed by atoms with Crippen molar-refractivity contribution in [2.45, 2.75) is 44.0 Å². The number of hydrogen-bond donors (Lipinski definition) is 1. The maximum absolute atomic E-state index is 13.2. The van der Waals surface area contributed by atoms with Crippen LogP contribution in [0.25, 0.3) is 0 Å². The average Bonchev–Trinajstić information content (AvgIpc) is 2.77. The second-order valence-corrected chi connectivity index (χ2v) is 10.3. The van der Waals surface area contributed by atoms with E-state index in [1.807, 2.05) is 38.1 Å². The molecule has 168 valence electrons. The van der Waals surface area contributed by atoms with E-state index in [0.29, 0.717) is 25.4 Å². The number of halogens is 1. The standard InChI is InChI=1S/C23H29ClN2O4S/c1-4-21(17-7-10-19(30-3)11-8-17)25-23(27)18-9-12-20(24)22(14-18)31(28,29)26-13-5-6-16(2)15-26/h7-12,14,16,21H,4-6,13,15H2,1-3H3,(H,25,27). The van der Waals surface area contributed by atoms with Crippen LogP contribution in [0, 0.1) is 5.92 Å². The van der Waals surface area contributed by atoms with Crippen molar-refractivity contribution in [1.82, 2.24) is 9.62 Å². The predicted octanol–water partition coefficient (Wildman–Crippen LogP) is 4.65. The summed E-state index contributed by atoms with van der Waals surface area (Å²) in [6.45, 7) is 4.95. The summed E-state index contributed by atoms with van der Waals surface area (Å²) < 4.78 is 33.0. The van der Waals surface area contributed by atoms with Crippen molar-refractivity contribution < 1.29 is 17.9 Å². The molecule has 0 aromatic heterocycles. The smallest absolute Gasteiger partial charge is 0.251 e. The Morgan fingerprint density at radius 1 is 1.26 bits per heavy atom. The van der Waals surface area contributed by atoms with Crippen molar-refractivity contribution in [3.63, 3.8) is 0 Å². The zero-order chi connectivity index (χ0) is 22.6. The molecular formula is C23H29ClN2O4S. The van der Waals surface area contributed by atoms with Crippen molar-refractivity contribution in [3.8, 4) is 5.75 Å². The van der Waals surface area contributed by atoms with Crippen LogP contribution in [0.5, 0.6) is 5.75 Å². The lowest BCUT2D eigenvalue weighted by atomic mass is 10.0. The molecule has 31 heavy (non-hydrogen) atoms. The van der Waals surface area contributed by atoms with Gasteiger partial charge in [0, 0.05) is 18.7 Å². The van der Waals surface area contributed by atoms with Gasteiger partial charge in [-0.1, -0.05) is 37.6 Å². The molecule has 3 rings (SSSR count). The molecule has 2 aromatic rings. The third kappa shape index (κ3) is 5.40. The van der Waals surface area contributed by atoms with Gasteiger partial charge in [-0.15, -0.1) is 0 Å². The Bertz CT molecular complexity index is 1020. The van der Waals surface area contributed by atoms with Gasteiger partial charge < -0.3 is 10.1 Å². The molecule has 6 nitrogen and oxygen atoms in total. The highest BCUT2D eigenvalue weighted by atomic mass is 35.5. The molecule has 1 aliphatic heterocycles. The summed E-state index contributed by atoms with van der Waals surface area (Å²) in [5, 5.41) is 3.11. The van der Waals surface area contributed by atoms with Crippen LogP contribution in [0.1, 0.15) is 55.1 Å². The molecule has 0 aliphatic carbocycles. The van der Waals surface area contributed by atoms with Crippen molar-refractivity contribution >= 4 is 27.5 Å². The Morgan fingerprint density at radius 3 is 2.58 bits per heavy atom. The summed E-state index contributed by atoms with van der Waals surface area (Å²) in [4.78, 5) is 12.9. The molecule has 0 bridgehead atoms. The molecule has 1 saturated heterocycles. The molecule has 2 atom stereocenters. The fraction of sp³-hybridized carbons (Fsp3) is 0.435. The zero-order valence-corrected chi connectivity index (χ0v) is 19.7. The van der Waals surface area contributed by atoms with Crippen molar-refractivity contribution in [2.24, 2.45) is 5.92 Å². The number of methoxy groups -OCH3 is 1. The molecule has 0 radical (unpaired) electrons. The van der Waals surface area contributed by atoms with E-state index in [-0.39, 0.29) is 27.4 Å². The van der Waals surface area contributed by atoms with E-state index in [9.17, 15) is 13.2 Å². The maximum atomic E-state index is 13.2. The summed E-state index contributed by atoms with van der Waals surface area (Å²) in [6, 6.07) is 11.7. The van der Waals surface area contributed by atoms with Gasteiger partial charge >= 0.3 is 0 Å². The van der Waals surface area contributed by atoms with Crippen LogP contribution in [0.15, 0.2) is 47.4 Å². The minimum Gasteiger partial charge on any atom is -0.497 e. The summed E-state index contributed by atoms with van der Waals surface area (Å²) >= 11 is 6.25. The highest BCUT2D eigenvalue weighted by Gasteiger charge is 2.31. The lowest BCUT2D eigenvalue weighted by Crippen LogP contribution is -2.39. The molecule has 1 fully saturated rings. The average molecular weight is 465 g/mol. The van der Waals surface area contributed by atoms with Crippen LogP contribution in [0.3, 0.4) is 0 Å². The fourth-order valence-corrected chi connectivity index (χ4v) is 5.94. The Balaban J connectivity index is 1.83. The van der Waals surface area contributed by atoms with E-state index >= 15 is 0 Å². The molecule has 2 unspecified atom stereocenters. The molecule has 0 spiro atoms. The van der Waals surface area contributed by atoms with E-state index in [0.717, 1.165) is 24.2 Å².